The number of halogens is 4. The van der Waals surface area contributed by atoms with Crippen molar-refractivity contribution in [3.05, 3.63) is 34.3 Å². The van der Waals surface area contributed by atoms with E-state index >= 15 is 0 Å². The summed E-state index contributed by atoms with van der Waals surface area (Å²) < 4.78 is 44.9. The van der Waals surface area contributed by atoms with Crippen molar-refractivity contribution in [3.8, 4) is 11.5 Å². The van der Waals surface area contributed by atoms with Crippen molar-refractivity contribution in [1.82, 2.24) is 0 Å². The van der Waals surface area contributed by atoms with Crippen LogP contribution >= 0.6 is 15.9 Å². The Morgan fingerprint density at radius 1 is 1.14 bits per heavy atom. The molecule has 1 atom stereocenters. The fraction of sp³-hybridized carbons (Fsp3) is 0.591. The van der Waals surface area contributed by atoms with Gasteiger partial charge in [-0.3, -0.25) is 0 Å². The van der Waals surface area contributed by atoms with Crippen molar-refractivity contribution < 1.29 is 22.7 Å². The normalized spacial score (nSPS) is 13.4. The SMILES string of the molecule is CC(C)(C)[Si](C)(C)C#CC(CCCCOC(=O)c1ccc(Br)cc1)CC(F)(F)F. The van der Waals surface area contributed by atoms with Crippen LogP contribution in [-0.4, -0.2) is 26.8 Å². The first-order valence-corrected chi connectivity index (χ1v) is 13.5. The summed E-state index contributed by atoms with van der Waals surface area (Å²) in [6, 6.07) is 6.81. The molecule has 0 amide bonds. The Hall–Kier alpha value is -1.26. The van der Waals surface area contributed by atoms with E-state index in [0.29, 0.717) is 24.8 Å². The van der Waals surface area contributed by atoms with Crippen molar-refractivity contribution in [2.45, 2.75) is 70.8 Å². The van der Waals surface area contributed by atoms with Gasteiger partial charge in [0.25, 0.3) is 0 Å². The van der Waals surface area contributed by atoms with Gasteiger partial charge >= 0.3 is 12.1 Å². The molecule has 0 saturated heterocycles. The number of carbonyl (C=O) groups is 1. The highest BCUT2D eigenvalue weighted by Crippen LogP contribution is 2.35. The summed E-state index contributed by atoms with van der Waals surface area (Å²) in [5.41, 5.74) is 3.65. The second kappa shape index (κ2) is 10.7. The van der Waals surface area contributed by atoms with E-state index in [1.165, 1.54) is 0 Å². The third kappa shape index (κ3) is 9.86. The predicted molar refractivity (Wildman–Crippen MR) is 117 cm³/mol. The maximum atomic E-state index is 12.9. The van der Waals surface area contributed by atoms with Crippen LogP contribution in [-0.2, 0) is 4.74 Å². The van der Waals surface area contributed by atoms with Gasteiger partial charge in [-0.25, -0.2) is 4.79 Å². The van der Waals surface area contributed by atoms with Crippen molar-refractivity contribution in [1.29, 1.82) is 0 Å². The lowest BCUT2D eigenvalue weighted by atomic mass is 9.99. The van der Waals surface area contributed by atoms with E-state index < -0.39 is 32.6 Å². The predicted octanol–water partition coefficient (Wildman–Crippen LogP) is 7.40. The molecular formula is C22H30BrF3O2Si. The molecule has 1 unspecified atom stereocenters. The van der Waals surface area contributed by atoms with Crippen LogP contribution < -0.4 is 0 Å². The number of carbonyl (C=O) groups excluding carboxylic acids is 1. The number of unbranched alkanes of at least 4 members (excludes halogenated alkanes) is 1. The lowest BCUT2D eigenvalue weighted by Gasteiger charge is -2.31. The second-order valence-electron chi connectivity index (χ2n) is 8.80. The number of alkyl halides is 3. The van der Waals surface area contributed by atoms with Gasteiger partial charge in [0.05, 0.1) is 18.6 Å². The monoisotopic (exact) mass is 490 g/mol. The molecule has 0 aromatic heterocycles. The minimum atomic E-state index is -4.24. The standard InChI is InChI=1S/C22H30BrF3O2Si/c1-21(2,3)29(4,5)15-13-17(16-22(24,25)26)8-6-7-14-28-20(27)18-9-11-19(23)12-10-18/h9-12,17H,6-8,14,16H2,1-5H3. The van der Waals surface area contributed by atoms with Gasteiger partial charge in [-0.05, 0) is 48.6 Å². The summed E-state index contributed by atoms with van der Waals surface area (Å²) in [6.45, 7) is 10.6. The molecule has 0 spiro atoms. The van der Waals surface area contributed by atoms with Gasteiger partial charge in [-0.1, -0.05) is 49.8 Å². The number of hydrogen-bond donors (Lipinski definition) is 0. The zero-order valence-corrected chi connectivity index (χ0v) is 20.3. The molecule has 0 aliphatic heterocycles. The summed E-state index contributed by atoms with van der Waals surface area (Å²) >= 11 is 3.30. The maximum absolute atomic E-state index is 12.9. The van der Waals surface area contributed by atoms with Crippen LogP contribution in [0.2, 0.25) is 18.1 Å². The number of esters is 1. The van der Waals surface area contributed by atoms with Gasteiger partial charge < -0.3 is 4.74 Å². The van der Waals surface area contributed by atoms with Crippen molar-refractivity contribution in [3.63, 3.8) is 0 Å². The molecular weight excluding hydrogens is 461 g/mol. The van der Waals surface area contributed by atoms with E-state index in [0.717, 1.165) is 4.47 Å². The molecule has 0 fully saturated rings. The summed E-state index contributed by atoms with van der Waals surface area (Å²) in [7, 11) is -1.96. The van der Waals surface area contributed by atoms with Gasteiger partial charge in [0.15, 0.2) is 0 Å². The molecule has 1 aromatic carbocycles. The Balaban J connectivity index is 2.56. The highest BCUT2D eigenvalue weighted by Gasteiger charge is 2.35. The van der Waals surface area contributed by atoms with E-state index in [4.69, 9.17) is 4.74 Å². The topological polar surface area (TPSA) is 26.3 Å². The van der Waals surface area contributed by atoms with Crippen LogP contribution in [0.4, 0.5) is 13.2 Å². The first-order valence-electron chi connectivity index (χ1n) is 9.73. The van der Waals surface area contributed by atoms with Gasteiger partial charge in [-0.15, -0.1) is 11.5 Å². The quantitative estimate of drug-likeness (QED) is 0.172. The third-order valence-corrected chi connectivity index (χ3v) is 10.2. The molecule has 162 valence electrons. The Morgan fingerprint density at radius 2 is 1.72 bits per heavy atom. The molecule has 0 aliphatic rings. The summed E-state index contributed by atoms with van der Waals surface area (Å²) in [4.78, 5) is 11.9. The van der Waals surface area contributed by atoms with E-state index in [9.17, 15) is 18.0 Å². The first kappa shape index (κ1) is 25.8. The summed E-state index contributed by atoms with van der Waals surface area (Å²) in [5.74, 6) is 1.79. The van der Waals surface area contributed by atoms with Crippen LogP contribution in [0.15, 0.2) is 28.7 Å². The molecule has 0 saturated carbocycles. The molecule has 0 heterocycles. The minimum absolute atomic E-state index is 0.00398. The largest absolute Gasteiger partial charge is 0.462 e. The third-order valence-electron chi connectivity index (χ3n) is 5.20. The van der Waals surface area contributed by atoms with Gasteiger partial charge in [0.2, 0.25) is 0 Å². The van der Waals surface area contributed by atoms with Crippen LogP contribution in [0, 0.1) is 17.4 Å². The second-order valence-corrected chi connectivity index (χ2v) is 14.7. The molecule has 0 aliphatic carbocycles. The van der Waals surface area contributed by atoms with Crippen LogP contribution in [0.25, 0.3) is 0 Å². The maximum Gasteiger partial charge on any atom is 0.390 e. The molecule has 2 nitrogen and oxygen atoms in total. The van der Waals surface area contributed by atoms with Crippen molar-refractivity contribution in [2.75, 3.05) is 6.61 Å². The van der Waals surface area contributed by atoms with Crippen LogP contribution in [0.5, 0.6) is 0 Å². The molecule has 7 heteroatoms. The molecule has 29 heavy (non-hydrogen) atoms. The highest BCUT2D eigenvalue weighted by atomic mass is 79.9. The average Bonchev–Trinajstić information content (AvgIpc) is 2.57. The van der Waals surface area contributed by atoms with E-state index in [-0.39, 0.29) is 11.6 Å². The highest BCUT2D eigenvalue weighted by molar-refractivity contribution is 9.10. The molecule has 0 N–H and O–H groups in total. The summed E-state index contributed by atoms with van der Waals surface area (Å²) in [5, 5.41) is 0.00398. The van der Waals surface area contributed by atoms with Gasteiger partial charge in [-0.2, -0.15) is 13.2 Å². The van der Waals surface area contributed by atoms with Crippen molar-refractivity contribution >= 4 is 30.0 Å². The Kier molecular flexibility index (Phi) is 9.48. The number of benzene rings is 1. The van der Waals surface area contributed by atoms with E-state index in [1.54, 1.807) is 24.3 Å². The molecule has 0 bridgehead atoms. The number of ether oxygens (including phenoxy) is 1. The van der Waals surface area contributed by atoms with E-state index in [2.05, 4.69) is 61.3 Å². The zero-order valence-electron chi connectivity index (χ0n) is 17.8. The Morgan fingerprint density at radius 3 is 2.24 bits per heavy atom. The lowest BCUT2D eigenvalue weighted by Crippen LogP contribution is -2.35. The fourth-order valence-electron chi connectivity index (χ4n) is 2.30. The van der Waals surface area contributed by atoms with Gasteiger partial charge in [0, 0.05) is 10.4 Å². The lowest BCUT2D eigenvalue weighted by molar-refractivity contribution is -0.141. The minimum Gasteiger partial charge on any atom is -0.462 e. The zero-order chi connectivity index (χ0) is 22.3. The molecule has 1 rings (SSSR count). The summed E-state index contributed by atoms with van der Waals surface area (Å²) in [6.07, 6.45) is -3.75. The Bertz CT molecular complexity index is 726. The number of rotatable bonds is 7. The smallest absolute Gasteiger partial charge is 0.390 e. The van der Waals surface area contributed by atoms with Crippen molar-refractivity contribution in [2.24, 2.45) is 5.92 Å². The van der Waals surface area contributed by atoms with Crippen LogP contribution in [0.1, 0.15) is 56.8 Å². The molecule has 0 radical (unpaired) electrons. The molecule has 1 aromatic rings. The van der Waals surface area contributed by atoms with E-state index in [1.807, 2.05) is 0 Å². The first-order chi connectivity index (χ1) is 13.2. The average molecular weight is 491 g/mol. The Labute approximate surface area is 181 Å². The fourth-order valence-corrected chi connectivity index (χ4v) is 3.51. The van der Waals surface area contributed by atoms with Crippen LogP contribution in [0.3, 0.4) is 0 Å². The number of hydrogen-bond acceptors (Lipinski definition) is 2. The van der Waals surface area contributed by atoms with Gasteiger partial charge in [0.1, 0.15) is 8.07 Å².